The van der Waals surface area contributed by atoms with Crippen molar-refractivity contribution in [2.45, 2.75) is 57.1 Å². The van der Waals surface area contributed by atoms with E-state index in [0.717, 1.165) is 24.0 Å². The molecular formula is C17H25NO3S. The van der Waals surface area contributed by atoms with E-state index in [4.69, 9.17) is 0 Å². The first-order valence-corrected chi connectivity index (χ1v) is 9.37. The summed E-state index contributed by atoms with van der Waals surface area (Å²) in [6, 6.07) is 7.69. The number of sulfonamides is 1. The SMILES string of the molecule is CCCNS(=O)(=O)C(C)(C)c1ccc(C2CCC(=O)C2)cc1. The normalized spacial score (nSPS) is 19.6. The molecule has 1 aliphatic carbocycles. The minimum atomic E-state index is -3.42. The Bertz CT molecular complexity index is 632. The van der Waals surface area contributed by atoms with Gasteiger partial charge in [-0.15, -0.1) is 0 Å². The van der Waals surface area contributed by atoms with Gasteiger partial charge in [0.05, 0.1) is 0 Å². The fourth-order valence-electron chi connectivity index (χ4n) is 2.83. The molecule has 0 radical (unpaired) electrons. The van der Waals surface area contributed by atoms with Gasteiger partial charge in [0.1, 0.15) is 10.5 Å². The van der Waals surface area contributed by atoms with E-state index in [0.29, 0.717) is 31.1 Å². The topological polar surface area (TPSA) is 63.2 Å². The molecule has 1 unspecified atom stereocenters. The summed E-state index contributed by atoms with van der Waals surface area (Å²) in [7, 11) is -3.42. The molecule has 1 saturated carbocycles. The fraction of sp³-hybridized carbons (Fsp3) is 0.588. The van der Waals surface area contributed by atoms with E-state index in [2.05, 4.69) is 4.72 Å². The van der Waals surface area contributed by atoms with E-state index in [-0.39, 0.29) is 0 Å². The van der Waals surface area contributed by atoms with E-state index in [1.807, 2.05) is 31.2 Å². The third kappa shape index (κ3) is 3.41. The third-order valence-electron chi connectivity index (χ3n) is 4.54. The molecule has 1 atom stereocenters. The number of nitrogens with one attached hydrogen (secondary N) is 1. The van der Waals surface area contributed by atoms with Gasteiger partial charge >= 0.3 is 0 Å². The average Bonchev–Trinajstić information content (AvgIpc) is 2.91. The number of benzene rings is 1. The van der Waals surface area contributed by atoms with Crippen LogP contribution in [0.4, 0.5) is 0 Å². The summed E-state index contributed by atoms with van der Waals surface area (Å²) in [6.45, 7) is 5.83. The maximum absolute atomic E-state index is 12.4. The van der Waals surface area contributed by atoms with Crippen molar-refractivity contribution in [1.29, 1.82) is 0 Å². The molecule has 4 nitrogen and oxygen atoms in total. The van der Waals surface area contributed by atoms with E-state index in [1.54, 1.807) is 13.8 Å². The fourth-order valence-corrected chi connectivity index (χ4v) is 4.11. The smallest absolute Gasteiger partial charge is 0.221 e. The second kappa shape index (κ2) is 6.50. The van der Waals surface area contributed by atoms with Gasteiger partial charge in [0, 0.05) is 19.4 Å². The Morgan fingerprint density at radius 3 is 2.36 bits per heavy atom. The highest BCUT2D eigenvalue weighted by Crippen LogP contribution is 2.34. The number of rotatable bonds is 6. The summed E-state index contributed by atoms with van der Waals surface area (Å²) in [5.41, 5.74) is 1.90. The quantitative estimate of drug-likeness (QED) is 0.875. The summed E-state index contributed by atoms with van der Waals surface area (Å²) in [6.07, 6.45) is 2.94. The summed E-state index contributed by atoms with van der Waals surface area (Å²) >= 11 is 0. The Labute approximate surface area is 133 Å². The van der Waals surface area contributed by atoms with Gasteiger partial charge < -0.3 is 0 Å². The van der Waals surface area contributed by atoms with Crippen molar-refractivity contribution < 1.29 is 13.2 Å². The lowest BCUT2D eigenvalue weighted by Gasteiger charge is -2.26. The Kier molecular flexibility index (Phi) is 5.07. The zero-order valence-electron chi connectivity index (χ0n) is 13.6. The van der Waals surface area contributed by atoms with Crippen molar-refractivity contribution in [3.63, 3.8) is 0 Å². The zero-order valence-corrected chi connectivity index (χ0v) is 14.4. The molecule has 1 aliphatic rings. The molecule has 0 spiro atoms. The van der Waals surface area contributed by atoms with Crippen molar-refractivity contribution in [2.24, 2.45) is 0 Å². The van der Waals surface area contributed by atoms with Crippen LogP contribution in [0.3, 0.4) is 0 Å². The second-order valence-electron chi connectivity index (χ2n) is 6.51. The second-order valence-corrected chi connectivity index (χ2v) is 8.82. The van der Waals surface area contributed by atoms with Gasteiger partial charge in [0.2, 0.25) is 10.0 Å². The standard InChI is InChI=1S/C17H25NO3S/c1-4-11-18-22(20,21)17(2,3)15-8-5-13(6-9-15)14-7-10-16(19)12-14/h5-6,8-9,14,18H,4,7,10-12H2,1-3H3. The highest BCUT2D eigenvalue weighted by Gasteiger charge is 2.35. The molecule has 0 aromatic heterocycles. The molecule has 0 amide bonds. The van der Waals surface area contributed by atoms with Crippen LogP contribution in [-0.4, -0.2) is 20.7 Å². The minimum Gasteiger partial charge on any atom is -0.300 e. The van der Waals surface area contributed by atoms with Gasteiger partial charge in [-0.25, -0.2) is 13.1 Å². The lowest BCUT2D eigenvalue weighted by Crippen LogP contribution is -2.40. The van der Waals surface area contributed by atoms with E-state index >= 15 is 0 Å². The van der Waals surface area contributed by atoms with Crippen LogP contribution in [0.5, 0.6) is 0 Å². The summed E-state index contributed by atoms with van der Waals surface area (Å²) in [4.78, 5) is 11.4. The number of carbonyl (C=O) groups excluding carboxylic acids is 1. The summed E-state index contributed by atoms with van der Waals surface area (Å²) in [5.74, 6) is 0.611. The van der Waals surface area contributed by atoms with Crippen LogP contribution in [-0.2, 0) is 19.6 Å². The van der Waals surface area contributed by atoms with E-state index < -0.39 is 14.8 Å². The molecule has 1 aromatic rings. The van der Waals surface area contributed by atoms with E-state index in [1.165, 1.54) is 0 Å². The Balaban J connectivity index is 2.20. The van der Waals surface area contributed by atoms with Crippen LogP contribution in [0, 0.1) is 0 Å². The summed E-state index contributed by atoms with van der Waals surface area (Å²) in [5, 5.41) is 0. The van der Waals surface area contributed by atoms with Gasteiger partial charge in [0.25, 0.3) is 0 Å². The van der Waals surface area contributed by atoms with Crippen LogP contribution in [0.25, 0.3) is 0 Å². The first-order valence-electron chi connectivity index (χ1n) is 7.89. The lowest BCUT2D eigenvalue weighted by atomic mass is 9.94. The van der Waals surface area contributed by atoms with Crippen molar-refractivity contribution >= 4 is 15.8 Å². The molecule has 5 heteroatoms. The highest BCUT2D eigenvalue weighted by atomic mass is 32.2. The largest absolute Gasteiger partial charge is 0.300 e. The third-order valence-corrected chi connectivity index (χ3v) is 6.70. The first kappa shape index (κ1) is 17.2. The highest BCUT2D eigenvalue weighted by molar-refractivity contribution is 7.90. The zero-order chi connectivity index (χ0) is 16.4. The molecule has 1 fully saturated rings. The van der Waals surface area contributed by atoms with Crippen LogP contribution in [0.15, 0.2) is 24.3 Å². The van der Waals surface area contributed by atoms with Crippen molar-refractivity contribution in [2.75, 3.05) is 6.54 Å². The maximum atomic E-state index is 12.4. The molecule has 0 bridgehead atoms. The molecule has 2 rings (SSSR count). The van der Waals surface area contributed by atoms with Crippen LogP contribution >= 0.6 is 0 Å². The number of hydrogen-bond acceptors (Lipinski definition) is 3. The first-order chi connectivity index (χ1) is 10.3. The van der Waals surface area contributed by atoms with Crippen LogP contribution in [0.1, 0.15) is 63.5 Å². The molecule has 22 heavy (non-hydrogen) atoms. The molecule has 0 aliphatic heterocycles. The van der Waals surface area contributed by atoms with Crippen LogP contribution < -0.4 is 4.72 Å². The van der Waals surface area contributed by atoms with Gasteiger partial charge in [-0.2, -0.15) is 0 Å². The lowest BCUT2D eigenvalue weighted by molar-refractivity contribution is -0.117. The van der Waals surface area contributed by atoms with E-state index in [9.17, 15) is 13.2 Å². The van der Waals surface area contributed by atoms with Crippen LogP contribution in [0.2, 0.25) is 0 Å². The number of ketones is 1. The van der Waals surface area contributed by atoms with Crippen molar-refractivity contribution in [1.82, 2.24) is 4.72 Å². The van der Waals surface area contributed by atoms with Gasteiger partial charge in [-0.1, -0.05) is 31.2 Å². The minimum absolute atomic E-state index is 0.291. The Morgan fingerprint density at radius 2 is 1.86 bits per heavy atom. The van der Waals surface area contributed by atoms with Crippen molar-refractivity contribution in [3.05, 3.63) is 35.4 Å². The molecular weight excluding hydrogens is 298 g/mol. The molecule has 0 heterocycles. The molecule has 1 N–H and O–H groups in total. The van der Waals surface area contributed by atoms with Gasteiger partial charge in [0.15, 0.2) is 0 Å². The monoisotopic (exact) mass is 323 g/mol. The number of carbonyl (C=O) groups is 1. The summed E-state index contributed by atoms with van der Waals surface area (Å²) < 4.78 is 26.6. The Morgan fingerprint density at radius 1 is 1.23 bits per heavy atom. The average molecular weight is 323 g/mol. The van der Waals surface area contributed by atoms with Gasteiger partial charge in [-0.05, 0) is 43.7 Å². The maximum Gasteiger partial charge on any atom is 0.221 e. The molecule has 122 valence electrons. The predicted octanol–water partition coefficient (Wildman–Crippen LogP) is 3.09. The molecule has 1 aromatic carbocycles. The van der Waals surface area contributed by atoms with Gasteiger partial charge in [-0.3, -0.25) is 4.79 Å². The van der Waals surface area contributed by atoms with Crippen molar-refractivity contribution in [3.8, 4) is 0 Å². The predicted molar refractivity (Wildman–Crippen MR) is 88.3 cm³/mol. The Hall–Kier alpha value is -1.20. The molecule has 0 saturated heterocycles. The number of Topliss-reactive ketones (excluding diaryl/α,β-unsaturated/α-hetero) is 1. The number of hydrogen-bond donors (Lipinski definition) is 1.